The third-order valence-corrected chi connectivity index (χ3v) is 12.8. The lowest BCUT2D eigenvalue weighted by atomic mass is 9.47. The molecule has 0 amide bonds. The fraction of sp³-hybridized carbons (Fsp3) is 0.0588. The summed E-state index contributed by atoms with van der Waals surface area (Å²) in [6.07, 6.45) is 0. The molecule has 2 spiro atoms. The van der Waals surface area contributed by atoms with Crippen molar-refractivity contribution in [2.75, 3.05) is 0 Å². The highest BCUT2D eigenvalue weighted by molar-refractivity contribution is 7.99. The van der Waals surface area contributed by atoms with E-state index in [0.717, 1.165) is 0 Å². The average Bonchev–Trinajstić information content (AvgIpc) is 3.65. The van der Waals surface area contributed by atoms with E-state index >= 15 is 0 Å². The summed E-state index contributed by atoms with van der Waals surface area (Å²) in [4.78, 5) is 8.35. The van der Waals surface area contributed by atoms with Crippen molar-refractivity contribution in [3.05, 3.63) is 152 Å². The summed E-state index contributed by atoms with van der Waals surface area (Å²) in [5.41, 5.74) is 7.65. The van der Waals surface area contributed by atoms with Crippen molar-refractivity contribution >= 4 is 46.2 Å². The quantitative estimate of drug-likeness (QED) is 0.183. The first kappa shape index (κ1) is 21.9. The van der Waals surface area contributed by atoms with Gasteiger partial charge in [-0.2, -0.15) is 0 Å². The number of hydrogen-bond donors (Lipinski definition) is 0. The molecule has 180 valence electrons. The molecule has 4 aromatic carbocycles. The van der Waals surface area contributed by atoms with Crippen molar-refractivity contribution in [3.63, 3.8) is 0 Å². The highest BCUT2D eigenvalue weighted by Gasteiger charge is 2.66. The molecule has 4 heterocycles. The van der Waals surface area contributed by atoms with E-state index in [1.165, 1.54) is 62.7 Å². The lowest BCUT2D eigenvalue weighted by molar-refractivity contribution is 0.401. The van der Waals surface area contributed by atoms with E-state index in [2.05, 4.69) is 120 Å². The van der Waals surface area contributed by atoms with E-state index in [1.54, 1.807) is 0 Å². The van der Waals surface area contributed by atoms with E-state index in [9.17, 15) is 0 Å². The minimum atomic E-state index is -0.403. The first-order valence-corrected chi connectivity index (χ1v) is 16.1. The first-order valence-electron chi connectivity index (χ1n) is 12.7. The molecule has 2 aromatic heterocycles. The summed E-state index contributed by atoms with van der Waals surface area (Å²) in [5.74, 6) is 0. The molecule has 3 aliphatic rings. The fourth-order valence-electron chi connectivity index (χ4n) is 7.25. The predicted octanol–water partition coefficient (Wildman–Crippen LogP) is 10.1. The second kappa shape index (κ2) is 7.77. The molecule has 0 radical (unpaired) electrons. The van der Waals surface area contributed by atoms with Crippen LogP contribution in [-0.2, 0) is 10.8 Å². The van der Waals surface area contributed by atoms with Crippen LogP contribution in [0.4, 0.5) is 0 Å². The minimum Gasteiger partial charge on any atom is -0.147 e. The Bertz CT molecular complexity index is 1680. The summed E-state index contributed by atoms with van der Waals surface area (Å²) in [5, 5.41) is 4.63. The maximum Gasteiger partial charge on any atom is 0.0760 e. The molecule has 4 heteroatoms. The first-order chi connectivity index (χ1) is 18.8. The molecule has 2 aliphatic heterocycles. The average molecular weight is 557 g/mol. The van der Waals surface area contributed by atoms with Crippen LogP contribution in [-0.4, -0.2) is 0 Å². The summed E-state index contributed by atoms with van der Waals surface area (Å²) in [6.45, 7) is 0. The van der Waals surface area contributed by atoms with Gasteiger partial charge in [-0.05, 0) is 80.5 Å². The zero-order chi connectivity index (χ0) is 24.9. The van der Waals surface area contributed by atoms with Crippen LogP contribution in [0.25, 0.3) is 11.1 Å². The molecule has 0 nitrogen and oxygen atoms in total. The molecule has 0 fully saturated rings. The smallest absolute Gasteiger partial charge is 0.0760 e. The maximum atomic E-state index is 2.41. The van der Waals surface area contributed by atoms with Gasteiger partial charge < -0.3 is 0 Å². The zero-order valence-corrected chi connectivity index (χ0v) is 23.4. The number of thiophene rings is 2. The van der Waals surface area contributed by atoms with Crippen LogP contribution in [0.3, 0.4) is 0 Å². The molecule has 0 bridgehead atoms. The SMILES string of the molecule is c1ccc2c(c1)Sc1ccccc1C21c2sccc2-c2ccsc2C12c1ccccc1Sc1ccccc12. The Hall–Kier alpha value is -3.02. The summed E-state index contributed by atoms with van der Waals surface area (Å²) in [7, 11) is 0. The fourth-order valence-corrected chi connectivity index (χ4v) is 12.0. The van der Waals surface area contributed by atoms with Gasteiger partial charge in [-0.25, -0.2) is 0 Å². The van der Waals surface area contributed by atoms with Gasteiger partial charge in [0.25, 0.3) is 0 Å². The zero-order valence-electron chi connectivity index (χ0n) is 20.2. The van der Waals surface area contributed by atoms with E-state index in [-0.39, 0.29) is 0 Å². The lowest BCUT2D eigenvalue weighted by Gasteiger charge is -2.58. The van der Waals surface area contributed by atoms with Crippen molar-refractivity contribution in [2.45, 2.75) is 30.4 Å². The normalized spacial score (nSPS) is 16.6. The molecule has 0 N–H and O–H groups in total. The summed E-state index contributed by atoms with van der Waals surface area (Å²) >= 11 is 7.71. The molecule has 6 aromatic rings. The van der Waals surface area contributed by atoms with Gasteiger partial charge in [0.15, 0.2) is 0 Å². The number of rotatable bonds is 0. The highest BCUT2D eigenvalue weighted by atomic mass is 32.2. The van der Waals surface area contributed by atoms with Crippen molar-refractivity contribution in [1.82, 2.24) is 0 Å². The van der Waals surface area contributed by atoms with Crippen molar-refractivity contribution in [3.8, 4) is 11.1 Å². The second-order valence-corrected chi connectivity index (χ2v) is 14.0. The lowest BCUT2D eigenvalue weighted by Crippen LogP contribution is -2.56. The van der Waals surface area contributed by atoms with Crippen molar-refractivity contribution in [1.29, 1.82) is 0 Å². The standard InChI is InChI=1S/C34H20S4/c1-5-13-27-23(9-1)33(24-10-2-6-14-28(24)37-27)31-21(17-19-35-31)22-18-20-36-32(22)34(33)25-11-3-7-15-29(25)38-30-16-8-4-12-26(30)34/h1-20H. The Morgan fingerprint density at radius 3 is 1.03 bits per heavy atom. The van der Waals surface area contributed by atoms with Gasteiger partial charge in [-0.15, -0.1) is 22.7 Å². The monoisotopic (exact) mass is 556 g/mol. The van der Waals surface area contributed by atoms with Gasteiger partial charge in [-0.1, -0.05) is 96.3 Å². The molecule has 9 rings (SSSR count). The van der Waals surface area contributed by atoms with Crippen molar-refractivity contribution in [2.24, 2.45) is 0 Å². The van der Waals surface area contributed by atoms with Gasteiger partial charge in [-0.3, -0.25) is 0 Å². The molecule has 0 unspecified atom stereocenters. The Kier molecular flexibility index (Phi) is 4.47. The Balaban J connectivity index is 1.62. The predicted molar refractivity (Wildman–Crippen MR) is 161 cm³/mol. The van der Waals surface area contributed by atoms with Gasteiger partial charge in [0.2, 0.25) is 0 Å². The third-order valence-electron chi connectivity index (χ3n) is 8.47. The van der Waals surface area contributed by atoms with Crippen LogP contribution in [0.2, 0.25) is 0 Å². The van der Waals surface area contributed by atoms with Crippen LogP contribution < -0.4 is 0 Å². The second-order valence-electron chi connectivity index (χ2n) is 10.0. The van der Waals surface area contributed by atoms with Gasteiger partial charge in [0.1, 0.15) is 0 Å². The van der Waals surface area contributed by atoms with Crippen molar-refractivity contribution < 1.29 is 0 Å². The van der Waals surface area contributed by atoms with E-state index in [1.807, 2.05) is 46.2 Å². The van der Waals surface area contributed by atoms with Crippen LogP contribution in [0.1, 0.15) is 32.0 Å². The molecular formula is C34H20S4. The third kappa shape index (κ3) is 2.42. The molecule has 0 saturated heterocycles. The molecule has 38 heavy (non-hydrogen) atoms. The number of hydrogen-bond acceptors (Lipinski definition) is 4. The van der Waals surface area contributed by atoms with E-state index in [4.69, 9.17) is 0 Å². The van der Waals surface area contributed by atoms with Crippen LogP contribution >= 0.6 is 46.2 Å². The van der Waals surface area contributed by atoms with Crippen LogP contribution in [0.5, 0.6) is 0 Å². The molecule has 1 aliphatic carbocycles. The highest BCUT2D eigenvalue weighted by Crippen LogP contribution is 2.73. The minimum absolute atomic E-state index is 0.403. The summed E-state index contributed by atoms with van der Waals surface area (Å²) < 4.78 is 0. The molecule has 0 saturated carbocycles. The van der Waals surface area contributed by atoms with E-state index < -0.39 is 10.8 Å². The van der Waals surface area contributed by atoms with Crippen LogP contribution in [0, 0.1) is 0 Å². The molecular weight excluding hydrogens is 537 g/mol. The Labute approximate surface area is 238 Å². The maximum absolute atomic E-state index is 2.41. The Morgan fingerprint density at radius 2 is 0.684 bits per heavy atom. The number of benzene rings is 4. The number of fused-ring (bicyclic) bond motifs is 14. The van der Waals surface area contributed by atoms with Gasteiger partial charge in [0.05, 0.1) is 10.8 Å². The van der Waals surface area contributed by atoms with Gasteiger partial charge in [0, 0.05) is 29.3 Å². The van der Waals surface area contributed by atoms with Crippen LogP contribution in [0.15, 0.2) is 140 Å². The molecule has 0 atom stereocenters. The van der Waals surface area contributed by atoms with E-state index in [0.29, 0.717) is 0 Å². The van der Waals surface area contributed by atoms with Gasteiger partial charge >= 0.3 is 0 Å². The summed E-state index contributed by atoms with van der Waals surface area (Å²) in [6, 6.07) is 41.5. The Morgan fingerprint density at radius 1 is 0.368 bits per heavy atom. The largest absolute Gasteiger partial charge is 0.147 e. The topological polar surface area (TPSA) is 0 Å².